The molecule has 3 rings (SSSR count). The minimum Gasteiger partial charge on any atom is -0.497 e. The summed E-state index contributed by atoms with van der Waals surface area (Å²) in [5.74, 6) is -0.923. The summed E-state index contributed by atoms with van der Waals surface area (Å²) in [5.41, 5.74) is 0.981. The predicted molar refractivity (Wildman–Crippen MR) is 88.4 cm³/mol. The smallest absolute Gasteiger partial charge is 0.262 e. The highest BCUT2D eigenvalue weighted by Crippen LogP contribution is 2.27. The zero-order valence-corrected chi connectivity index (χ0v) is 13.5. The number of carbonyl (C=O) groups excluding carboxylic acids is 3. The van der Waals surface area contributed by atoms with Crippen LogP contribution in [-0.2, 0) is 4.79 Å². The molecule has 2 aromatic carbocycles. The lowest BCUT2D eigenvalue weighted by Crippen LogP contribution is -2.37. The van der Waals surface area contributed by atoms with Gasteiger partial charge in [0.05, 0.1) is 28.9 Å². The molecule has 0 saturated heterocycles. The molecule has 1 aliphatic heterocycles. The number of hydrogen-bond acceptors (Lipinski definition) is 4. The fraction of sp³-hybridized carbons (Fsp3) is 0.118. The Hall–Kier alpha value is -2.86. The Morgan fingerprint density at radius 2 is 1.75 bits per heavy atom. The molecule has 7 heteroatoms. The standard InChI is InChI=1S/C17H13ClN2O4/c1-24-10-6-7-14(13(18)8-10)19-15(21)9-20-16(22)11-4-2-3-5-12(11)17(20)23/h2-8H,9H2,1H3,(H,19,21). The minimum atomic E-state index is -0.517. The maximum absolute atomic E-state index is 12.2. The Morgan fingerprint density at radius 1 is 1.12 bits per heavy atom. The van der Waals surface area contributed by atoms with Gasteiger partial charge in [-0.3, -0.25) is 19.3 Å². The third-order valence-electron chi connectivity index (χ3n) is 3.63. The minimum absolute atomic E-state index is 0.296. The second-order valence-electron chi connectivity index (χ2n) is 5.14. The van der Waals surface area contributed by atoms with Crippen molar-refractivity contribution in [1.82, 2.24) is 4.90 Å². The van der Waals surface area contributed by atoms with Crippen molar-refractivity contribution >= 4 is 35.0 Å². The fourth-order valence-corrected chi connectivity index (χ4v) is 2.66. The maximum atomic E-state index is 12.2. The van der Waals surface area contributed by atoms with E-state index in [1.807, 2.05) is 0 Å². The van der Waals surface area contributed by atoms with Gasteiger partial charge in [-0.15, -0.1) is 0 Å². The van der Waals surface area contributed by atoms with Crippen molar-refractivity contribution in [2.24, 2.45) is 0 Å². The van der Waals surface area contributed by atoms with Gasteiger partial charge in [0.2, 0.25) is 5.91 Å². The van der Waals surface area contributed by atoms with Crippen LogP contribution in [0.15, 0.2) is 42.5 Å². The quantitative estimate of drug-likeness (QED) is 0.865. The highest BCUT2D eigenvalue weighted by molar-refractivity contribution is 6.34. The Morgan fingerprint density at radius 3 is 2.29 bits per heavy atom. The number of halogens is 1. The predicted octanol–water partition coefficient (Wildman–Crippen LogP) is 2.58. The van der Waals surface area contributed by atoms with Crippen LogP contribution in [0.1, 0.15) is 20.7 Å². The van der Waals surface area contributed by atoms with Crippen LogP contribution in [0.3, 0.4) is 0 Å². The number of nitrogens with one attached hydrogen (secondary N) is 1. The molecule has 0 bridgehead atoms. The largest absolute Gasteiger partial charge is 0.497 e. The van der Waals surface area contributed by atoms with Crippen molar-refractivity contribution in [1.29, 1.82) is 0 Å². The number of nitrogens with zero attached hydrogens (tertiary/aromatic N) is 1. The van der Waals surface area contributed by atoms with Gasteiger partial charge in [0, 0.05) is 6.07 Å². The number of rotatable bonds is 4. The summed E-state index contributed by atoms with van der Waals surface area (Å²) in [6.45, 7) is -0.380. The fourth-order valence-electron chi connectivity index (χ4n) is 2.44. The first-order valence-corrected chi connectivity index (χ1v) is 7.47. The molecule has 0 fully saturated rings. The van der Waals surface area contributed by atoms with E-state index >= 15 is 0 Å². The topological polar surface area (TPSA) is 75.7 Å². The number of carbonyl (C=O) groups is 3. The Balaban J connectivity index is 1.72. The molecular formula is C17H13ClN2O4. The lowest BCUT2D eigenvalue weighted by Gasteiger charge is -2.14. The molecule has 3 amide bonds. The van der Waals surface area contributed by atoms with Crippen LogP contribution < -0.4 is 10.1 Å². The van der Waals surface area contributed by atoms with Gasteiger partial charge in [0.15, 0.2) is 0 Å². The number of imide groups is 1. The van der Waals surface area contributed by atoms with Crippen LogP contribution in [0, 0.1) is 0 Å². The molecule has 0 aliphatic carbocycles. The lowest BCUT2D eigenvalue weighted by atomic mass is 10.1. The Labute approximate surface area is 143 Å². The number of anilines is 1. The third kappa shape index (κ3) is 2.83. The lowest BCUT2D eigenvalue weighted by molar-refractivity contribution is -0.116. The average molecular weight is 345 g/mol. The van der Waals surface area contributed by atoms with Crippen molar-refractivity contribution in [3.05, 3.63) is 58.6 Å². The van der Waals surface area contributed by atoms with Crippen molar-refractivity contribution in [2.75, 3.05) is 19.0 Å². The van der Waals surface area contributed by atoms with Crippen molar-refractivity contribution in [3.8, 4) is 5.75 Å². The highest BCUT2D eigenvalue weighted by Gasteiger charge is 2.36. The monoisotopic (exact) mass is 344 g/mol. The second-order valence-corrected chi connectivity index (χ2v) is 5.54. The average Bonchev–Trinajstić information content (AvgIpc) is 2.82. The highest BCUT2D eigenvalue weighted by atomic mass is 35.5. The van der Waals surface area contributed by atoms with E-state index in [0.717, 1.165) is 4.90 Å². The van der Waals surface area contributed by atoms with Crippen LogP contribution in [-0.4, -0.2) is 36.3 Å². The molecule has 2 aromatic rings. The van der Waals surface area contributed by atoms with Gasteiger partial charge < -0.3 is 10.1 Å². The molecular weight excluding hydrogens is 332 g/mol. The van der Waals surface area contributed by atoms with E-state index in [4.69, 9.17) is 16.3 Å². The molecule has 6 nitrogen and oxygen atoms in total. The van der Waals surface area contributed by atoms with Gasteiger partial charge in [0.25, 0.3) is 11.8 Å². The number of ether oxygens (including phenoxy) is 1. The van der Waals surface area contributed by atoms with Gasteiger partial charge in [-0.25, -0.2) is 0 Å². The van der Waals surface area contributed by atoms with E-state index in [0.29, 0.717) is 27.6 Å². The maximum Gasteiger partial charge on any atom is 0.262 e. The third-order valence-corrected chi connectivity index (χ3v) is 3.94. The summed E-state index contributed by atoms with van der Waals surface area (Å²) >= 11 is 6.06. The van der Waals surface area contributed by atoms with E-state index in [-0.39, 0.29) is 6.54 Å². The van der Waals surface area contributed by atoms with Crippen LogP contribution in [0.4, 0.5) is 5.69 Å². The van der Waals surface area contributed by atoms with Crippen LogP contribution >= 0.6 is 11.6 Å². The molecule has 0 spiro atoms. The molecule has 122 valence electrons. The normalized spacial score (nSPS) is 13.0. The van der Waals surface area contributed by atoms with E-state index in [1.165, 1.54) is 7.11 Å². The summed E-state index contributed by atoms with van der Waals surface area (Å²) in [6, 6.07) is 11.3. The van der Waals surface area contributed by atoms with Gasteiger partial charge in [-0.2, -0.15) is 0 Å². The van der Waals surface area contributed by atoms with Crippen LogP contribution in [0.5, 0.6) is 5.75 Å². The second kappa shape index (κ2) is 6.33. The molecule has 0 atom stereocenters. The Kier molecular flexibility index (Phi) is 4.22. The molecule has 24 heavy (non-hydrogen) atoms. The van der Waals surface area contributed by atoms with Gasteiger partial charge in [0.1, 0.15) is 12.3 Å². The number of benzene rings is 2. The van der Waals surface area contributed by atoms with Gasteiger partial charge >= 0.3 is 0 Å². The SMILES string of the molecule is COc1ccc(NC(=O)CN2C(=O)c3ccccc3C2=O)c(Cl)c1. The van der Waals surface area contributed by atoms with Crippen molar-refractivity contribution in [3.63, 3.8) is 0 Å². The zero-order chi connectivity index (χ0) is 17.3. The van der Waals surface area contributed by atoms with E-state index in [2.05, 4.69) is 5.32 Å². The summed E-state index contributed by atoms with van der Waals surface area (Å²) in [5, 5.41) is 2.88. The van der Waals surface area contributed by atoms with Gasteiger partial charge in [-0.05, 0) is 24.3 Å². The molecule has 0 saturated carbocycles. The first kappa shape index (κ1) is 16.0. The van der Waals surface area contributed by atoms with E-state index in [9.17, 15) is 14.4 Å². The number of amides is 3. The molecule has 0 radical (unpaired) electrons. The van der Waals surface area contributed by atoms with Crippen LogP contribution in [0.25, 0.3) is 0 Å². The summed E-state index contributed by atoms with van der Waals surface area (Å²) in [6.07, 6.45) is 0. The van der Waals surface area contributed by atoms with E-state index < -0.39 is 17.7 Å². The van der Waals surface area contributed by atoms with Crippen molar-refractivity contribution < 1.29 is 19.1 Å². The summed E-state index contributed by atoms with van der Waals surface area (Å²) in [7, 11) is 1.51. The van der Waals surface area contributed by atoms with Crippen LogP contribution in [0.2, 0.25) is 5.02 Å². The molecule has 1 heterocycles. The molecule has 1 N–H and O–H groups in total. The molecule has 0 unspecified atom stereocenters. The Bertz CT molecular complexity index is 815. The zero-order valence-electron chi connectivity index (χ0n) is 12.7. The first-order valence-electron chi connectivity index (χ1n) is 7.10. The van der Waals surface area contributed by atoms with E-state index in [1.54, 1.807) is 42.5 Å². The van der Waals surface area contributed by atoms with Gasteiger partial charge in [-0.1, -0.05) is 23.7 Å². The number of fused-ring (bicyclic) bond motifs is 1. The first-order chi connectivity index (χ1) is 11.5. The number of methoxy groups -OCH3 is 1. The summed E-state index contributed by atoms with van der Waals surface area (Å²) < 4.78 is 5.03. The number of hydrogen-bond donors (Lipinski definition) is 1. The van der Waals surface area contributed by atoms with Crippen molar-refractivity contribution in [2.45, 2.75) is 0 Å². The molecule has 1 aliphatic rings. The summed E-state index contributed by atoms with van der Waals surface area (Å²) in [4.78, 5) is 37.5. The molecule has 0 aromatic heterocycles.